The molecule has 0 aliphatic rings. The van der Waals surface area contributed by atoms with Crippen molar-refractivity contribution in [3.05, 3.63) is 23.4 Å². The van der Waals surface area contributed by atoms with E-state index in [0.29, 0.717) is 11.2 Å². The van der Waals surface area contributed by atoms with Gasteiger partial charge in [0.1, 0.15) is 11.0 Å². The van der Waals surface area contributed by atoms with Gasteiger partial charge in [0.15, 0.2) is 0 Å². The first-order valence-corrected chi connectivity index (χ1v) is 5.03. The highest BCUT2D eigenvalue weighted by Crippen LogP contribution is 2.12. The minimum atomic E-state index is 0.492. The first-order chi connectivity index (χ1) is 6.26. The van der Waals surface area contributed by atoms with Crippen molar-refractivity contribution in [2.24, 2.45) is 0 Å². The van der Waals surface area contributed by atoms with Crippen LogP contribution in [0.4, 0.5) is 5.82 Å². The van der Waals surface area contributed by atoms with Crippen LogP contribution in [0, 0.1) is 0 Å². The average molecular weight is 199 g/mol. The molecule has 0 saturated carbocycles. The van der Waals surface area contributed by atoms with Gasteiger partial charge < -0.3 is 5.32 Å². The molecule has 1 heterocycles. The van der Waals surface area contributed by atoms with Crippen LogP contribution in [0.25, 0.3) is 0 Å². The smallest absolute Gasteiger partial charge is 0.131 e. The monoisotopic (exact) mass is 198 g/mol. The molecule has 0 unspecified atom stereocenters. The van der Waals surface area contributed by atoms with E-state index in [0.717, 1.165) is 18.7 Å². The molecule has 0 aromatic carbocycles. The van der Waals surface area contributed by atoms with Gasteiger partial charge in [0.05, 0.1) is 0 Å². The molecule has 0 atom stereocenters. The number of halogens is 1. The van der Waals surface area contributed by atoms with E-state index >= 15 is 0 Å². The van der Waals surface area contributed by atoms with Gasteiger partial charge in [0.25, 0.3) is 0 Å². The van der Waals surface area contributed by atoms with E-state index in [-0.39, 0.29) is 0 Å². The standard InChI is InChI=1S/C10H15ClN2/c1-3-8(4-2)12-10-7-5-6-9(11)13-10/h5-8H,3-4H2,1-2H3,(H,12,13). The van der Waals surface area contributed by atoms with E-state index in [9.17, 15) is 0 Å². The lowest BCUT2D eigenvalue weighted by atomic mass is 10.2. The van der Waals surface area contributed by atoms with Crippen LogP contribution in [-0.2, 0) is 0 Å². The van der Waals surface area contributed by atoms with Gasteiger partial charge in [-0.15, -0.1) is 0 Å². The van der Waals surface area contributed by atoms with Crippen LogP contribution < -0.4 is 5.32 Å². The predicted molar refractivity (Wildman–Crippen MR) is 57.2 cm³/mol. The second kappa shape index (κ2) is 5.07. The number of rotatable bonds is 4. The lowest BCUT2D eigenvalue weighted by Gasteiger charge is -2.14. The molecule has 0 aliphatic carbocycles. The van der Waals surface area contributed by atoms with Gasteiger partial charge >= 0.3 is 0 Å². The zero-order chi connectivity index (χ0) is 9.68. The first kappa shape index (κ1) is 10.3. The van der Waals surface area contributed by atoms with Crippen molar-refractivity contribution in [2.75, 3.05) is 5.32 Å². The van der Waals surface area contributed by atoms with Crippen molar-refractivity contribution in [1.82, 2.24) is 4.98 Å². The Morgan fingerprint density at radius 3 is 2.62 bits per heavy atom. The van der Waals surface area contributed by atoms with Crippen molar-refractivity contribution >= 4 is 17.4 Å². The second-order valence-electron chi connectivity index (χ2n) is 3.00. The van der Waals surface area contributed by atoms with E-state index in [4.69, 9.17) is 11.6 Å². The number of anilines is 1. The van der Waals surface area contributed by atoms with Crippen molar-refractivity contribution in [3.63, 3.8) is 0 Å². The number of aromatic nitrogens is 1. The Morgan fingerprint density at radius 2 is 2.08 bits per heavy atom. The fraction of sp³-hybridized carbons (Fsp3) is 0.500. The summed E-state index contributed by atoms with van der Waals surface area (Å²) in [5.41, 5.74) is 0. The SMILES string of the molecule is CCC(CC)Nc1cccc(Cl)n1. The van der Waals surface area contributed by atoms with Crippen molar-refractivity contribution in [3.8, 4) is 0 Å². The third-order valence-electron chi connectivity index (χ3n) is 2.05. The summed E-state index contributed by atoms with van der Waals surface area (Å²) < 4.78 is 0. The maximum Gasteiger partial charge on any atom is 0.131 e. The molecular formula is C10H15ClN2. The van der Waals surface area contributed by atoms with Gasteiger partial charge in [-0.3, -0.25) is 0 Å². The van der Waals surface area contributed by atoms with Crippen LogP contribution in [0.15, 0.2) is 18.2 Å². The van der Waals surface area contributed by atoms with Crippen LogP contribution in [-0.4, -0.2) is 11.0 Å². The molecule has 1 aromatic rings. The average Bonchev–Trinajstić information content (AvgIpc) is 2.14. The van der Waals surface area contributed by atoms with Crippen LogP contribution in [0.3, 0.4) is 0 Å². The van der Waals surface area contributed by atoms with Crippen molar-refractivity contribution in [2.45, 2.75) is 32.7 Å². The number of pyridine rings is 1. The highest BCUT2D eigenvalue weighted by molar-refractivity contribution is 6.29. The maximum absolute atomic E-state index is 5.76. The van der Waals surface area contributed by atoms with E-state index in [1.165, 1.54) is 0 Å². The quantitative estimate of drug-likeness (QED) is 0.751. The van der Waals surface area contributed by atoms with Crippen LogP contribution >= 0.6 is 11.6 Å². The molecule has 0 bridgehead atoms. The normalized spacial score (nSPS) is 10.5. The highest BCUT2D eigenvalue weighted by Gasteiger charge is 2.03. The topological polar surface area (TPSA) is 24.9 Å². The summed E-state index contributed by atoms with van der Waals surface area (Å²) >= 11 is 5.76. The summed E-state index contributed by atoms with van der Waals surface area (Å²) in [6.07, 6.45) is 2.20. The summed E-state index contributed by atoms with van der Waals surface area (Å²) in [5.74, 6) is 0.862. The molecule has 3 heteroatoms. The highest BCUT2D eigenvalue weighted by atomic mass is 35.5. The molecule has 13 heavy (non-hydrogen) atoms. The Bertz CT molecular complexity index is 259. The molecule has 72 valence electrons. The molecule has 1 N–H and O–H groups in total. The fourth-order valence-electron chi connectivity index (χ4n) is 1.19. The summed E-state index contributed by atoms with van der Waals surface area (Å²) in [5, 5.41) is 3.86. The molecule has 0 fully saturated rings. The van der Waals surface area contributed by atoms with Gasteiger partial charge in [-0.1, -0.05) is 31.5 Å². The van der Waals surface area contributed by atoms with Crippen LogP contribution in [0.5, 0.6) is 0 Å². The molecule has 1 aromatic heterocycles. The van der Waals surface area contributed by atoms with Crippen LogP contribution in [0.1, 0.15) is 26.7 Å². The lowest BCUT2D eigenvalue weighted by Crippen LogP contribution is -2.17. The third-order valence-corrected chi connectivity index (χ3v) is 2.26. The third kappa shape index (κ3) is 3.23. The molecule has 0 saturated heterocycles. The number of nitrogens with zero attached hydrogens (tertiary/aromatic N) is 1. The van der Waals surface area contributed by atoms with E-state index in [1.54, 1.807) is 6.07 Å². The number of hydrogen-bond donors (Lipinski definition) is 1. The predicted octanol–water partition coefficient (Wildman–Crippen LogP) is 3.34. The molecule has 2 nitrogen and oxygen atoms in total. The molecule has 0 spiro atoms. The lowest BCUT2D eigenvalue weighted by molar-refractivity contribution is 0.668. The molecule has 0 amide bonds. The minimum Gasteiger partial charge on any atom is -0.367 e. The zero-order valence-corrected chi connectivity index (χ0v) is 8.80. The van der Waals surface area contributed by atoms with Crippen LogP contribution in [0.2, 0.25) is 5.15 Å². The number of nitrogens with one attached hydrogen (secondary N) is 1. The first-order valence-electron chi connectivity index (χ1n) is 4.65. The Balaban J connectivity index is 2.62. The summed E-state index contributed by atoms with van der Waals surface area (Å²) in [6, 6.07) is 6.11. The van der Waals surface area contributed by atoms with Gasteiger partial charge in [-0.2, -0.15) is 0 Å². The molecular weight excluding hydrogens is 184 g/mol. The molecule has 0 radical (unpaired) electrons. The molecule has 0 aliphatic heterocycles. The van der Waals surface area contributed by atoms with Crippen molar-refractivity contribution in [1.29, 1.82) is 0 Å². The minimum absolute atomic E-state index is 0.492. The molecule has 1 rings (SSSR count). The van der Waals surface area contributed by atoms with Gasteiger partial charge in [0, 0.05) is 6.04 Å². The van der Waals surface area contributed by atoms with Crippen molar-refractivity contribution < 1.29 is 0 Å². The number of hydrogen-bond acceptors (Lipinski definition) is 2. The van der Waals surface area contributed by atoms with Gasteiger partial charge in [-0.05, 0) is 25.0 Å². The Morgan fingerprint density at radius 1 is 1.38 bits per heavy atom. The van der Waals surface area contributed by atoms with E-state index in [1.807, 2.05) is 12.1 Å². The maximum atomic E-state index is 5.76. The summed E-state index contributed by atoms with van der Waals surface area (Å²) in [7, 11) is 0. The summed E-state index contributed by atoms with van der Waals surface area (Å²) in [4.78, 5) is 4.16. The van der Waals surface area contributed by atoms with Gasteiger partial charge in [-0.25, -0.2) is 4.98 Å². The Hall–Kier alpha value is -0.760. The van der Waals surface area contributed by atoms with E-state index in [2.05, 4.69) is 24.1 Å². The van der Waals surface area contributed by atoms with Gasteiger partial charge in [0.2, 0.25) is 0 Å². The zero-order valence-electron chi connectivity index (χ0n) is 8.05. The Kier molecular flexibility index (Phi) is 4.03. The fourth-order valence-corrected chi connectivity index (χ4v) is 1.35. The van der Waals surface area contributed by atoms with E-state index < -0.39 is 0 Å². The largest absolute Gasteiger partial charge is 0.367 e. The Labute approximate surface area is 84.3 Å². The second-order valence-corrected chi connectivity index (χ2v) is 3.39. The summed E-state index contributed by atoms with van der Waals surface area (Å²) in [6.45, 7) is 4.32.